The van der Waals surface area contributed by atoms with Crippen LogP contribution in [0.3, 0.4) is 0 Å². The van der Waals surface area contributed by atoms with Gasteiger partial charge >= 0.3 is 6.03 Å². The lowest BCUT2D eigenvalue weighted by Crippen LogP contribution is -2.52. The van der Waals surface area contributed by atoms with Crippen molar-refractivity contribution >= 4 is 35.1 Å². The third kappa shape index (κ3) is 3.65. The molecule has 3 aliphatic heterocycles. The molecule has 1 N–H and O–H groups in total. The quantitative estimate of drug-likeness (QED) is 0.731. The van der Waals surface area contributed by atoms with E-state index in [1.165, 1.54) is 10.5 Å². The number of nitrogens with zero attached hydrogens (tertiary/aromatic N) is 3. The molecule has 0 spiro atoms. The molecule has 1 unspecified atom stereocenters. The van der Waals surface area contributed by atoms with E-state index in [1.54, 1.807) is 21.9 Å². The second-order valence-corrected chi connectivity index (χ2v) is 9.08. The Morgan fingerprint density at radius 1 is 0.939 bits per heavy atom. The summed E-state index contributed by atoms with van der Waals surface area (Å²) in [5.41, 5.74) is 4.13. The van der Waals surface area contributed by atoms with Gasteiger partial charge in [-0.05, 0) is 53.8 Å². The monoisotopic (exact) mass is 446 g/mol. The van der Waals surface area contributed by atoms with Crippen LogP contribution in [0.2, 0.25) is 0 Å². The van der Waals surface area contributed by atoms with Crippen LogP contribution in [0.25, 0.3) is 0 Å². The molecule has 3 aliphatic rings. The van der Waals surface area contributed by atoms with E-state index in [0.717, 1.165) is 16.9 Å². The molecule has 8 heteroatoms. The highest BCUT2D eigenvalue weighted by Crippen LogP contribution is 2.33. The van der Waals surface area contributed by atoms with E-state index in [2.05, 4.69) is 31.3 Å². The predicted molar refractivity (Wildman–Crippen MR) is 123 cm³/mol. The lowest BCUT2D eigenvalue weighted by molar-refractivity contribution is -0.136. The number of piperidine rings is 1. The summed E-state index contributed by atoms with van der Waals surface area (Å²) in [5, 5.41) is 2.32. The number of imide groups is 1. The van der Waals surface area contributed by atoms with Crippen molar-refractivity contribution in [1.82, 2.24) is 10.2 Å². The van der Waals surface area contributed by atoms with Crippen LogP contribution < -0.4 is 15.1 Å². The van der Waals surface area contributed by atoms with Gasteiger partial charge in [0.05, 0.1) is 0 Å². The van der Waals surface area contributed by atoms with Crippen molar-refractivity contribution in [3.8, 4) is 0 Å². The summed E-state index contributed by atoms with van der Waals surface area (Å²) in [6, 6.07) is 12.7. The van der Waals surface area contributed by atoms with Gasteiger partial charge in [0.15, 0.2) is 0 Å². The molecule has 170 valence electrons. The summed E-state index contributed by atoms with van der Waals surface area (Å²) in [7, 11) is 0. The van der Waals surface area contributed by atoms with Crippen molar-refractivity contribution < 1.29 is 19.2 Å². The zero-order valence-electron chi connectivity index (χ0n) is 18.7. The minimum absolute atomic E-state index is 0.0952. The Balaban J connectivity index is 1.35. The first kappa shape index (κ1) is 21.2. The van der Waals surface area contributed by atoms with Gasteiger partial charge in [0.25, 0.3) is 5.91 Å². The largest absolute Gasteiger partial charge is 0.329 e. The van der Waals surface area contributed by atoms with Crippen LogP contribution in [0, 0.1) is 0 Å². The minimum Gasteiger partial charge on any atom is -0.322 e. The topological polar surface area (TPSA) is 90.0 Å². The fraction of sp³-hybridized carbons (Fsp3) is 0.360. The van der Waals surface area contributed by atoms with Crippen LogP contribution in [0.5, 0.6) is 0 Å². The van der Waals surface area contributed by atoms with E-state index in [-0.39, 0.29) is 30.8 Å². The average molecular weight is 447 g/mol. The van der Waals surface area contributed by atoms with Crippen molar-refractivity contribution in [2.75, 3.05) is 22.9 Å². The lowest BCUT2D eigenvalue weighted by atomic mass is 10.0. The smallest absolute Gasteiger partial charge is 0.322 e. The number of anilines is 2. The van der Waals surface area contributed by atoms with Crippen molar-refractivity contribution in [2.45, 2.75) is 45.2 Å². The maximum Gasteiger partial charge on any atom is 0.329 e. The summed E-state index contributed by atoms with van der Waals surface area (Å²) in [6.45, 7) is 5.67. The summed E-state index contributed by atoms with van der Waals surface area (Å²) in [6.07, 6.45) is 0.546. The third-order valence-corrected chi connectivity index (χ3v) is 6.68. The zero-order valence-corrected chi connectivity index (χ0v) is 18.7. The molecule has 0 aliphatic carbocycles. The number of fused-ring (bicyclic) bond motifs is 1. The number of carbonyl (C=O) groups is 4. The highest BCUT2D eigenvalue weighted by molar-refractivity contribution is 6.08. The Morgan fingerprint density at radius 3 is 2.36 bits per heavy atom. The second-order valence-electron chi connectivity index (χ2n) is 9.08. The van der Waals surface area contributed by atoms with Crippen LogP contribution in [-0.2, 0) is 16.1 Å². The standard InChI is InChI=1S/C25H26N4O4/c1-15(2)16-4-3-5-18(12-16)27-10-11-28(25(27)33)19-6-7-20-17(13-19)14-29(24(20)32)21-8-9-22(30)26-23(21)31/h3-7,12-13,15,21H,8-11,14H2,1-2H3,(H,26,30,31). The molecule has 0 bridgehead atoms. The molecule has 5 amide bonds. The zero-order chi connectivity index (χ0) is 23.3. The number of carbonyl (C=O) groups excluding carboxylic acids is 4. The summed E-state index contributed by atoms with van der Waals surface area (Å²) >= 11 is 0. The van der Waals surface area contributed by atoms with Gasteiger partial charge in [-0.1, -0.05) is 26.0 Å². The number of amides is 5. The molecular weight excluding hydrogens is 420 g/mol. The molecule has 1 atom stereocenters. The average Bonchev–Trinajstić information content (AvgIpc) is 3.33. The number of urea groups is 1. The summed E-state index contributed by atoms with van der Waals surface area (Å²) in [4.78, 5) is 54.9. The Labute approximate surface area is 192 Å². The predicted octanol–water partition coefficient (Wildman–Crippen LogP) is 3.02. The highest BCUT2D eigenvalue weighted by atomic mass is 16.2. The fourth-order valence-electron chi connectivity index (χ4n) is 4.80. The van der Waals surface area contributed by atoms with Crippen molar-refractivity contribution in [2.24, 2.45) is 0 Å². The van der Waals surface area contributed by atoms with Crippen LogP contribution in [0.15, 0.2) is 42.5 Å². The number of nitrogens with one attached hydrogen (secondary N) is 1. The van der Waals surface area contributed by atoms with Gasteiger partial charge in [0.2, 0.25) is 11.8 Å². The van der Waals surface area contributed by atoms with Gasteiger partial charge in [-0.15, -0.1) is 0 Å². The van der Waals surface area contributed by atoms with Gasteiger partial charge in [-0.3, -0.25) is 29.5 Å². The normalized spacial score (nSPS) is 20.7. The first-order valence-electron chi connectivity index (χ1n) is 11.3. The Morgan fingerprint density at radius 2 is 1.67 bits per heavy atom. The van der Waals surface area contributed by atoms with Crippen LogP contribution in [-0.4, -0.2) is 47.8 Å². The molecule has 2 aromatic carbocycles. The van der Waals surface area contributed by atoms with Crippen molar-refractivity contribution in [3.05, 3.63) is 59.2 Å². The first-order valence-corrected chi connectivity index (χ1v) is 11.3. The van der Waals surface area contributed by atoms with E-state index in [9.17, 15) is 19.2 Å². The Hall–Kier alpha value is -3.68. The van der Waals surface area contributed by atoms with Crippen LogP contribution in [0.1, 0.15) is 54.1 Å². The van der Waals surface area contributed by atoms with Gasteiger partial charge in [-0.2, -0.15) is 0 Å². The molecule has 0 aromatic heterocycles. The number of hydrogen-bond acceptors (Lipinski definition) is 4. The summed E-state index contributed by atoms with van der Waals surface area (Å²) in [5.74, 6) is -0.577. The van der Waals surface area contributed by atoms with Crippen molar-refractivity contribution in [3.63, 3.8) is 0 Å². The van der Waals surface area contributed by atoms with E-state index >= 15 is 0 Å². The van der Waals surface area contributed by atoms with Crippen LogP contribution in [0.4, 0.5) is 16.2 Å². The minimum atomic E-state index is -0.650. The molecule has 33 heavy (non-hydrogen) atoms. The Kier molecular flexibility index (Phi) is 5.15. The van der Waals surface area contributed by atoms with E-state index in [1.807, 2.05) is 18.2 Å². The Bertz CT molecular complexity index is 1170. The lowest BCUT2D eigenvalue weighted by Gasteiger charge is -2.29. The molecular formula is C25H26N4O4. The summed E-state index contributed by atoms with van der Waals surface area (Å²) < 4.78 is 0. The van der Waals surface area contributed by atoms with E-state index < -0.39 is 11.9 Å². The number of benzene rings is 2. The molecule has 2 aromatic rings. The van der Waals surface area contributed by atoms with Gasteiger partial charge in [0, 0.05) is 43.0 Å². The second kappa shape index (κ2) is 8.03. The third-order valence-electron chi connectivity index (χ3n) is 6.68. The van der Waals surface area contributed by atoms with Gasteiger partial charge in [-0.25, -0.2) is 4.79 Å². The molecule has 0 radical (unpaired) electrons. The maximum atomic E-state index is 13.2. The molecule has 5 rings (SSSR count). The van der Waals surface area contributed by atoms with Gasteiger partial charge < -0.3 is 4.90 Å². The van der Waals surface area contributed by atoms with E-state index in [0.29, 0.717) is 31.0 Å². The molecule has 3 heterocycles. The van der Waals surface area contributed by atoms with Crippen LogP contribution >= 0.6 is 0 Å². The van der Waals surface area contributed by atoms with Gasteiger partial charge in [0.1, 0.15) is 6.04 Å². The molecule has 8 nitrogen and oxygen atoms in total. The molecule has 0 saturated carbocycles. The maximum absolute atomic E-state index is 13.2. The highest BCUT2D eigenvalue weighted by Gasteiger charge is 2.40. The first-order chi connectivity index (χ1) is 15.8. The fourth-order valence-corrected chi connectivity index (χ4v) is 4.80. The number of rotatable bonds is 4. The van der Waals surface area contributed by atoms with Crippen molar-refractivity contribution in [1.29, 1.82) is 0 Å². The van der Waals surface area contributed by atoms with E-state index in [4.69, 9.17) is 0 Å². The molecule has 2 saturated heterocycles. The SMILES string of the molecule is CC(C)c1cccc(N2CCN(c3ccc4c(c3)CN(C3CCC(=O)NC3=O)C4=O)C2=O)c1. The number of hydrogen-bond donors (Lipinski definition) is 1. The molecule has 2 fully saturated rings.